The second-order valence-corrected chi connectivity index (χ2v) is 4.46. The molecule has 0 aromatic heterocycles. The van der Waals surface area contributed by atoms with Gasteiger partial charge in [0, 0.05) is 17.7 Å². The van der Waals surface area contributed by atoms with Crippen LogP contribution in [0.2, 0.25) is 0 Å². The van der Waals surface area contributed by atoms with Crippen molar-refractivity contribution in [1.29, 1.82) is 0 Å². The van der Waals surface area contributed by atoms with Crippen LogP contribution in [0.3, 0.4) is 0 Å². The SMILES string of the molecule is COc1ccc(C)cc1NC(=O)c1ccc([N+](=O)[O-])cc1. The number of hydrogen-bond donors (Lipinski definition) is 1. The molecule has 6 nitrogen and oxygen atoms in total. The first-order valence-corrected chi connectivity index (χ1v) is 6.21. The third kappa shape index (κ3) is 3.36. The van der Waals surface area contributed by atoms with Crippen molar-refractivity contribution in [1.82, 2.24) is 0 Å². The third-order valence-corrected chi connectivity index (χ3v) is 2.94. The summed E-state index contributed by atoms with van der Waals surface area (Å²) in [6, 6.07) is 10.8. The number of methoxy groups -OCH3 is 1. The fourth-order valence-corrected chi connectivity index (χ4v) is 1.85. The van der Waals surface area contributed by atoms with Crippen molar-refractivity contribution in [3.05, 3.63) is 63.7 Å². The van der Waals surface area contributed by atoms with E-state index in [1.807, 2.05) is 13.0 Å². The van der Waals surface area contributed by atoms with Gasteiger partial charge in [0.05, 0.1) is 17.7 Å². The lowest BCUT2D eigenvalue weighted by Gasteiger charge is -2.11. The van der Waals surface area contributed by atoms with Crippen molar-refractivity contribution < 1.29 is 14.5 Å². The molecule has 1 N–H and O–H groups in total. The summed E-state index contributed by atoms with van der Waals surface area (Å²) in [4.78, 5) is 22.2. The molecule has 0 fully saturated rings. The molecule has 6 heteroatoms. The highest BCUT2D eigenvalue weighted by molar-refractivity contribution is 6.05. The lowest BCUT2D eigenvalue weighted by Crippen LogP contribution is -2.12. The zero-order valence-corrected chi connectivity index (χ0v) is 11.6. The monoisotopic (exact) mass is 286 g/mol. The molecular weight excluding hydrogens is 272 g/mol. The quantitative estimate of drug-likeness (QED) is 0.691. The molecule has 0 bridgehead atoms. The molecule has 0 aliphatic rings. The van der Waals surface area contributed by atoms with Crippen LogP contribution in [-0.4, -0.2) is 17.9 Å². The Kier molecular flexibility index (Phi) is 4.18. The van der Waals surface area contributed by atoms with E-state index in [0.717, 1.165) is 5.56 Å². The number of ether oxygens (including phenoxy) is 1. The van der Waals surface area contributed by atoms with Gasteiger partial charge in [-0.3, -0.25) is 14.9 Å². The first-order valence-electron chi connectivity index (χ1n) is 6.21. The minimum atomic E-state index is -0.509. The van der Waals surface area contributed by atoms with E-state index in [1.54, 1.807) is 12.1 Å². The van der Waals surface area contributed by atoms with Gasteiger partial charge >= 0.3 is 0 Å². The summed E-state index contributed by atoms with van der Waals surface area (Å²) >= 11 is 0. The molecule has 0 spiro atoms. The number of nitrogens with zero attached hydrogens (tertiary/aromatic N) is 1. The van der Waals surface area contributed by atoms with Gasteiger partial charge in [-0.25, -0.2) is 0 Å². The Morgan fingerprint density at radius 2 is 1.86 bits per heavy atom. The smallest absolute Gasteiger partial charge is 0.269 e. The second kappa shape index (κ2) is 6.04. The van der Waals surface area contributed by atoms with Crippen molar-refractivity contribution in [3.63, 3.8) is 0 Å². The molecule has 2 rings (SSSR count). The van der Waals surface area contributed by atoms with Gasteiger partial charge in [0.1, 0.15) is 5.75 Å². The van der Waals surface area contributed by atoms with E-state index >= 15 is 0 Å². The summed E-state index contributed by atoms with van der Waals surface area (Å²) < 4.78 is 5.18. The fraction of sp³-hybridized carbons (Fsp3) is 0.133. The van der Waals surface area contributed by atoms with Crippen molar-refractivity contribution in [3.8, 4) is 5.75 Å². The lowest BCUT2D eigenvalue weighted by molar-refractivity contribution is -0.384. The molecule has 0 unspecified atom stereocenters. The normalized spacial score (nSPS) is 10.0. The number of nitro groups is 1. The number of hydrogen-bond acceptors (Lipinski definition) is 4. The molecule has 0 radical (unpaired) electrons. The molecule has 0 atom stereocenters. The molecule has 0 saturated heterocycles. The van der Waals surface area contributed by atoms with Crippen molar-refractivity contribution >= 4 is 17.3 Å². The maximum Gasteiger partial charge on any atom is 0.269 e. The van der Waals surface area contributed by atoms with E-state index in [2.05, 4.69) is 5.32 Å². The van der Waals surface area contributed by atoms with E-state index in [-0.39, 0.29) is 11.6 Å². The third-order valence-electron chi connectivity index (χ3n) is 2.94. The second-order valence-electron chi connectivity index (χ2n) is 4.46. The van der Waals surface area contributed by atoms with Crippen LogP contribution in [-0.2, 0) is 0 Å². The number of nitrogens with one attached hydrogen (secondary N) is 1. The van der Waals surface area contributed by atoms with Crippen LogP contribution >= 0.6 is 0 Å². The Hall–Kier alpha value is -2.89. The van der Waals surface area contributed by atoms with Gasteiger partial charge in [0.2, 0.25) is 0 Å². The summed E-state index contributed by atoms with van der Waals surface area (Å²) in [6.45, 7) is 1.90. The number of carbonyl (C=O) groups is 1. The molecule has 0 aliphatic heterocycles. The summed E-state index contributed by atoms with van der Waals surface area (Å²) in [5.41, 5.74) is 1.82. The molecule has 0 heterocycles. The van der Waals surface area contributed by atoms with Crippen molar-refractivity contribution in [2.45, 2.75) is 6.92 Å². The van der Waals surface area contributed by atoms with Gasteiger partial charge in [-0.1, -0.05) is 6.07 Å². The van der Waals surface area contributed by atoms with Gasteiger partial charge in [-0.05, 0) is 36.8 Å². The average molecular weight is 286 g/mol. The largest absolute Gasteiger partial charge is 0.495 e. The number of rotatable bonds is 4. The number of carbonyl (C=O) groups excluding carboxylic acids is 1. The predicted molar refractivity (Wildman–Crippen MR) is 78.8 cm³/mol. The summed E-state index contributed by atoms with van der Waals surface area (Å²) in [7, 11) is 1.52. The topological polar surface area (TPSA) is 81.5 Å². The van der Waals surface area contributed by atoms with Gasteiger partial charge in [-0.2, -0.15) is 0 Å². The number of non-ortho nitro benzene ring substituents is 1. The number of benzene rings is 2. The molecule has 2 aromatic rings. The van der Waals surface area contributed by atoms with Crippen LogP contribution in [0.5, 0.6) is 5.75 Å². The number of aryl methyl sites for hydroxylation is 1. The standard InChI is InChI=1S/C15H14N2O4/c1-10-3-8-14(21-2)13(9-10)16-15(18)11-4-6-12(7-5-11)17(19)20/h3-9H,1-2H3,(H,16,18). The maximum absolute atomic E-state index is 12.1. The van der Waals surface area contributed by atoms with Gasteiger partial charge in [-0.15, -0.1) is 0 Å². The van der Waals surface area contributed by atoms with Crippen LogP contribution < -0.4 is 10.1 Å². The number of nitro benzene ring substituents is 1. The minimum Gasteiger partial charge on any atom is -0.495 e. The Balaban J connectivity index is 2.21. The summed E-state index contributed by atoms with van der Waals surface area (Å²) in [6.07, 6.45) is 0. The van der Waals surface area contributed by atoms with Crippen LogP contribution in [0.15, 0.2) is 42.5 Å². The first-order chi connectivity index (χ1) is 10.0. The van der Waals surface area contributed by atoms with E-state index in [0.29, 0.717) is 17.0 Å². The lowest BCUT2D eigenvalue weighted by atomic mass is 10.1. The molecule has 108 valence electrons. The van der Waals surface area contributed by atoms with Crippen LogP contribution in [0.25, 0.3) is 0 Å². The van der Waals surface area contributed by atoms with Gasteiger partial charge in [0.25, 0.3) is 11.6 Å². The molecule has 0 aliphatic carbocycles. The molecule has 0 saturated carbocycles. The highest BCUT2D eigenvalue weighted by Gasteiger charge is 2.12. The molecule has 2 aromatic carbocycles. The van der Waals surface area contributed by atoms with E-state index in [1.165, 1.54) is 31.4 Å². The van der Waals surface area contributed by atoms with Crippen LogP contribution in [0, 0.1) is 17.0 Å². The Morgan fingerprint density at radius 1 is 1.19 bits per heavy atom. The first kappa shape index (κ1) is 14.5. The highest BCUT2D eigenvalue weighted by atomic mass is 16.6. The number of anilines is 1. The Bertz CT molecular complexity index is 681. The molecular formula is C15H14N2O4. The average Bonchev–Trinajstić information content (AvgIpc) is 2.47. The minimum absolute atomic E-state index is 0.0558. The predicted octanol–water partition coefficient (Wildman–Crippen LogP) is 3.16. The summed E-state index contributed by atoms with van der Waals surface area (Å²) in [5.74, 6) is 0.199. The Morgan fingerprint density at radius 3 is 2.43 bits per heavy atom. The van der Waals surface area contributed by atoms with Crippen molar-refractivity contribution in [2.24, 2.45) is 0 Å². The molecule has 1 amide bonds. The zero-order chi connectivity index (χ0) is 15.4. The maximum atomic E-state index is 12.1. The zero-order valence-electron chi connectivity index (χ0n) is 11.6. The summed E-state index contributed by atoms with van der Waals surface area (Å²) in [5, 5.41) is 13.3. The van der Waals surface area contributed by atoms with Crippen molar-refractivity contribution in [2.75, 3.05) is 12.4 Å². The number of amides is 1. The van der Waals surface area contributed by atoms with Crippen LogP contribution in [0.4, 0.5) is 11.4 Å². The van der Waals surface area contributed by atoms with E-state index in [4.69, 9.17) is 4.74 Å². The van der Waals surface area contributed by atoms with Gasteiger partial charge < -0.3 is 10.1 Å². The van der Waals surface area contributed by atoms with Crippen LogP contribution in [0.1, 0.15) is 15.9 Å². The molecule has 21 heavy (non-hydrogen) atoms. The Labute approximate surface area is 121 Å². The van der Waals surface area contributed by atoms with E-state index in [9.17, 15) is 14.9 Å². The van der Waals surface area contributed by atoms with E-state index < -0.39 is 4.92 Å². The highest BCUT2D eigenvalue weighted by Crippen LogP contribution is 2.25. The fourth-order valence-electron chi connectivity index (χ4n) is 1.85. The van der Waals surface area contributed by atoms with Gasteiger partial charge in [0.15, 0.2) is 0 Å².